The molecule has 1 aromatic heterocycles. The Kier molecular flexibility index (Phi) is 3.95. The number of halogens is 1. The van der Waals surface area contributed by atoms with Crippen LogP contribution in [-0.2, 0) is 0 Å². The topological polar surface area (TPSA) is 24.9 Å². The molecule has 2 nitrogen and oxygen atoms in total. The first-order valence-corrected chi connectivity index (χ1v) is 7.88. The van der Waals surface area contributed by atoms with E-state index >= 15 is 0 Å². The number of benzene rings is 2. The zero-order chi connectivity index (χ0) is 14.8. The lowest BCUT2D eigenvalue weighted by Gasteiger charge is -2.03. The molecule has 0 radical (unpaired) electrons. The molecule has 0 amide bonds. The van der Waals surface area contributed by atoms with E-state index < -0.39 is 0 Å². The summed E-state index contributed by atoms with van der Waals surface area (Å²) in [6, 6.07) is 16.1. The minimum absolute atomic E-state index is 0.741. The van der Waals surface area contributed by atoms with Gasteiger partial charge < -0.3 is 5.32 Å². The Morgan fingerprint density at radius 1 is 1.05 bits per heavy atom. The molecule has 0 saturated heterocycles. The summed E-state index contributed by atoms with van der Waals surface area (Å²) in [4.78, 5) is 5.89. The Bertz CT molecular complexity index is 763. The van der Waals surface area contributed by atoms with Gasteiger partial charge in [0.2, 0.25) is 0 Å². The second kappa shape index (κ2) is 5.88. The van der Waals surface area contributed by atoms with Crippen molar-refractivity contribution in [3.63, 3.8) is 0 Å². The third-order valence-electron chi connectivity index (χ3n) is 3.18. The number of hydrogen-bond acceptors (Lipinski definition) is 3. The van der Waals surface area contributed by atoms with Gasteiger partial charge in [-0.25, -0.2) is 4.98 Å². The van der Waals surface area contributed by atoms with Crippen LogP contribution in [0.15, 0.2) is 48.5 Å². The van der Waals surface area contributed by atoms with E-state index in [0.717, 1.165) is 27.1 Å². The van der Waals surface area contributed by atoms with Crippen LogP contribution in [0.2, 0.25) is 5.02 Å². The van der Waals surface area contributed by atoms with Crippen LogP contribution in [0.3, 0.4) is 0 Å². The highest BCUT2D eigenvalue weighted by Gasteiger charge is 2.10. The van der Waals surface area contributed by atoms with Gasteiger partial charge in [0.15, 0.2) is 5.13 Å². The number of rotatable bonds is 3. The second-order valence-corrected chi connectivity index (χ2v) is 6.56. The van der Waals surface area contributed by atoms with Crippen molar-refractivity contribution in [2.45, 2.75) is 13.8 Å². The van der Waals surface area contributed by atoms with Crippen LogP contribution in [0.25, 0.3) is 11.3 Å². The molecule has 2 aromatic carbocycles. The molecule has 0 unspecified atom stereocenters. The van der Waals surface area contributed by atoms with Gasteiger partial charge in [0, 0.05) is 21.2 Å². The van der Waals surface area contributed by atoms with Crippen molar-refractivity contribution in [3.05, 3.63) is 64.0 Å². The van der Waals surface area contributed by atoms with E-state index in [4.69, 9.17) is 16.6 Å². The van der Waals surface area contributed by atoms with Gasteiger partial charge in [0.1, 0.15) is 0 Å². The Labute approximate surface area is 133 Å². The Hall–Kier alpha value is -1.84. The molecular formula is C17H15ClN2S. The van der Waals surface area contributed by atoms with E-state index in [9.17, 15) is 0 Å². The van der Waals surface area contributed by atoms with Crippen LogP contribution in [0.5, 0.6) is 0 Å². The lowest BCUT2D eigenvalue weighted by molar-refractivity contribution is 1.35. The van der Waals surface area contributed by atoms with Crippen molar-refractivity contribution >= 4 is 33.8 Å². The van der Waals surface area contributed by atoms with Gasteiger partial charge in [-0.3, -0.25) is 0 Å². The first-order chi connectivity index (χ1) is 10.1. The first kappa shape index (κ1) is 14.1. The average molecular weight is 315 g/mol. The quantitative estimate of drug-likeness (QED) is 0.658. The molecule has 3 aromatic rings. The fourth-order valence-electron chi connectivity index (χ4n) is 2.17. The van der Waals surface area contributed by atoms with Gasteiger partial charge in [-0.2, -0.15) is 0 Å². The molecule has 0 spiro atoms. The number of hydrogen-bond donors (Lipinski definition) is 1. The monoisotopic (exact) mass is 314 g/mol. The van der Waals surface area contributed by atoms with Gasteiger partial charge in [-0.05, 0) is 43.7 Å². The van der Waals surface area contributed by atoms with Crippen LogP contribution < -0.4 is 5.32 Å². The average Bonchev–Trinajstić information content (AvgIpc) is 2.80. The van der Waals surface area contributed by atoms with Crippen molar-refractivity contribution in [2.24, 2.45) is 0 Å². The molecule has 0 bridgehead atoms. The third-order valence-corrected chi connectivity index (χ3v) is 4.32. The Balaban J connectivity index is 1.89. The zero-order valence-corrected chi connectivity index (χ0v) is 13.4. The molecule has 21 heavy (non-hydrogen) atoms. The fourth-order valence-corrected chi connectivity index (χ4v) is 3.15. The zero-order valence-electron chi connectivity index (χ0n) is 11.9. The minimum Gasteiger partial charge on any atom is -0.332 e. The van der Waals surface area contributed by atoms with Crippen molar-refractivity contribution in [3.8, 4) is 11.3 Å². The SMILES string of the molecule is Cc1cccc(Nc2nc(-c3ccc(Cl)cc3)c(C)s2)c1. The smallest absolute Gasteiger partial charge is 0.187 e. The number of aryl methyl sites for hydroxylation is 2. The predicted molar refractivity (Wildman–Crippen MR) is 91.8 cm³/mol. The van der Waals surface area contributed by atoms with E-state index in [1.54, 1.807) is 11.3 Å². The number of anilines is 2. The summed E-state index contributed by atoms with van der Waals surface area (Å²) in [6.07, 6.45) is 0. The van der Waals surface area contributed by atoms with Gasteiger partial charge in [-0.1, -0.05) is 35.9 Å². The number of nitrogens with one attached hydrogen (secondary N) is 1. The second-order valence-electron chi connectivity index (χ2n) is 4.93. The van der Waals surface area contributed by atoms with Crippen LogP contribution in [0.1, 0.15) is 10.4 Å². The standard InChI is InChI=1S/C17H15ClN2S/c1-11-4-3-5-15(10-11)19-17-20-16(12(2)21-17)13-6-8-14(18)9-7-13/h3-10H,1-2H3,(H,19,20). The molecule has 0 aliphatic rings. The van der Waals surface area contributed by atoms with Crippen molar-refractivity contribution in [1.29, 1.82) is 0 Å². The molecule has 0 fully saturated rings. The molecule has 0 aliphatic carbocycles. The highest BCUT2D eigenvalue weighted by atomic mass is 35.5. The molecule has 1 N–H and O–H groups in total. The summed E-state index contributed by atoms with van der Waals surface area (Å²) in [7, 11) is 0. The van der Waals surface area contributed by atoms with Crippen molar-refractivity contribution in [2.75, 3.05) is 5.32 Å². The summed E-state index contributed by atoms with van der Waals surface area (Å²) >= 11 is 7.59. The fraction of sp³-hybridized carbons (Fsp3) is 0.118. The van der Waals surface area contributed by atoms with E-state index in [-0.39, 0.29) is 0 Å². The molecule has 0 saturated carbocycles. The molecule has 1 heterocycles. The van der Waals surface area contributed by atoms with Crippen LogP contribution >= 0.6 is 22.9 Å². The Morgan fingerprint density at radius 2 is 1.81 bits per heavy atom. The van der Waals surface area contributed by atoms with Gasteiger partial charge in [0.05, 0.1) is 5.69 Å². The van der Waals surface area contributed by atoms with Crippen molar-refractivity contribution in [1.82, 2.24) is 4.98 Å². The van der Waals surface area contributed by atoms with Crippen molar-refractivity contribution < 1.29 is 0 Å². The summed E-state index contributed by atoms with van der Waals surface area (Å²) < 4.78 is 0. The summed E-state index contributed by atoms with van der Waals surface area (Å²) in [5.74, 6) is 0. The molecule has 3 rings (SSSR count). The predicted octanol–water partition coefficient (Wildman–Crippen LogP) is 5.82. The maximum atomic E-state index is 5.94. The number of thiazole rings is 1. The Morgan fingerprint density at radius 3 is 2.52 bits per heavy atom. The van der Waals surface area contributed by atoms with E-state index in [2.05, 4.69) is 31.3 Å². The van der Waals surface area contributed by atoms with E-state index in [1.165, 1.54) is 10.4 Å². The maximum Gasteiger partial charge on any atom is 0.187 e. The molecule has 106 valence electrons. The van der Waals surface area contributed by atoms with Crippen LogP contribution in [0, 0.1) is 13.8 Å². The molecule has 0 atom stereocenters. The lowest BCUT2D eigenvalue weighted by atomic mass is 10.1. The first-order valence-electron chi connectivity index (χ1n) is 6.69. The highest BCUT2D eigenvalue weighted by Crippen LogP contribution is 2.32. The van der Waals surface area contributed by atoms with Crippen LogP contribution in [0.4, 0.5) is 10.8 Å². The molecule has 0 aliphatic heterocycles. The summed E-state index contributed by atoms with van der Waals surface area (Å²) in [6.45, 7) is 4.17. The lowest BCUT2D eigenvalue weighted by Crippen LogP contribution is -1.89. The van der Waals surface area contributed by atoms with E-state index in [1.807, 2.05) is 36.4 Å². The summed E-state index contributed by atoms with van der Waals surface area (Å²) in [5.41, 5.74) is 4.38. The van der Waals surface area contributed by atoms with Crippen LogP contribution in [-0.4, -0.2) is 4.98 Å². The third kappa shape index (κ3) is 3.26. The van der Waals surface area contributed by atoms with Gasteiger partial charge in [-0.15, -0.1) is 11.3 Å². The normalized spacial score (nSPS) is 10.6. The maximum absolute atomic E-state index is 5.94. The largest absolute Gasteiger partial charge is 0.332 e. The van der Waals surface area contributed by atoms with Gasteiger partial charge in [0.25, 0.3) is 0 Å². The number of nitrogens with zero attached hydrogens (tertiary/aromatic N) is 1. The molecule has 4 heteroatoms. The summed E-state index contributed by atoms with van der Waals surface area (Å²) in [5, 5.41) is 5.01. The minimum atomic E-state index is 0.741. The highest BCUT2D eigenvalue weighted by molar-refractivity contribution is 7.16. The molecular weight excluding hydrogens is 300 g/mol. The number of aromatic nitrogens is 1. The van der Waals surface area contributed by atoms with E-state index in [0.29, 0.717) is 0 Å². The van der Waals surface area contributed by atoms with Gasteiger partial charge >= 0.3 is 0 Å².